The molecule has 0 aliphatic carbocycles. The molecule has 0 aromatic heterocycles. The van der Waals surface area contributed by atoms with Gasteiger partial charge in [-0.25, -0.2) is 8.42 Å². The quantitative estimate of drug-likeness (QED) is 0.632. The van der Waals surface area contributed by atoms with E-state index in [2.05, 4.69) is 17.1 Å². The summed E-state index contributed by atoms with van der Waals surface area (Å²) in [5.41, 5.74) is 0. The molecule has 5 nitrogen and oxygen atoms in total. The lowest BCUT2D eigenvalue weighted by molar-refractivity contribution is -0.925. The maximum Gasteiger partial charge on any atom is 0.169 e. The molecule has 0 aromatic carbocycles. The van der Waals surface area contributed by atoms with Crippen molar-refractivity contribution in [1.82, 2.24) is 10.2 Å². The summed E-state index contributed by atoms with van der Waals surface area (Å²) >= 11 is 5.36. The number of sulfone groups is 1. The third kappa shape index (κ3) is 4.03. The number of quaternary nitrogens is 1. The van der Waals surface area contributed by atoms with Gasteiger partial charge in [0.05, 0.1) is 31.9 Å². The van der Waals surface area contributed by atoms with Crippen LogP contribution in [0.5, 0.6) is 0 Å². The Morgan fingerprint density at radius 2 is 2.11 bits per heavy atom. The first-order chi connectivity index (χ1) is 9.02. The smallest absolute Gasteiger partial charge is 0.169 e. The first-order valence-electron chi connectivity index (χ1n) is 7.09. The van der Waals surface area contributed by atoms with Gasteiger partial charge in [0.25, 0.3) is 0 Å². The van der Waals surface area contributed by atoms with E-state index in [1.807, 2.05) is 0 Å². The molecule has 19 heavy (non-hydrogen) atoms. The van der Waals surface area contributed by atoms with Crippen LogP contribution in [0.25, 0.3) is 0 Å². The molecule has 1 atom stereocenters. The van der Waals surface area contributed by atoms with E-state index in [1.165, 1.54) is 4.90 Å². The zero-order chi connectivity index (χ0) is 13.9. The number of hydrogen-bond donors (Lipinski definition) is 2. The molecule has 0 aromatic rings. The lowest BCUT2D eigenvalue weighted by Crippen LogP contribution is -3.18. The Bertz CT molecular complexity index is 417. The molecule has 2 heterocycles. The highest BCUT2D eigenvalue weighted by Gasteiger charge is 2.36. The highest BCUT2D eigenvalue weighted by Crippen LogP contribution is 2.09. The van der Waals surface area contributed by atoms with E-state index in [9.17, 15) is 8.42 Å². The molecule has 7 heteroatoms. The second-order valence-corrected chi connectivity index (χ2v) is 8.09. The molecule has 2 saturated heterocycles. The van der Waals surface area contributed by atoms with E-state index in [0.29, 0.717) is 17.5 Å². The van der Waals surface area contributed by atoms with Crippen LogP contribution in [-0.2, 0) is 9.84 Å². The summed E-state index contributed by atoms with van der Waals surface area (Å²) in [6, 6.07) is 0.310. The average Bonchev–Trinajstić information content (AvgIpc) is 2.76. The van der Waals surface area contributed by atoms with Gasteiger partial charge < -0.3 is 15.1 Å². The van der Waals surface area contributed by atoms with E-state index < -0.39 is 9.84 Å². The molecule has 2 aliphatic heterocycles. The van der Waals surface area contributed by atoms with Crippen LogP contribution in [0.3, 0.4) is 0 Å². The highest BCUT2D eigenvalue weighted by atomic mass is 32.2. The van der Waals surface area contributed by atoms with Gasteiger partial charge in [0, 0.05) is 13.0 Å². The van der Waals surface area contributed by atoms with Gasteiger partial charge in [-0.2, -0.15) is 0 Å². The van der Waals surface area contributed by atoms with Crippen molar-refractivity contribution in [1.29, 1.82) is 0 Å². The maximum absolute atomic E-state index is 11.5. The minimum Gasteiger partial charge on any atom is -0.363 e. The Morgan fingerprint density at radius 1 is 1.42 bits per heavy atom. The summed E-state index contributed by atoms with van der Waals surface area (Å²) in [5, 5.41) is 4.10. The number of thiocarbonyl (C=S) groups is 1. The van der Waals surface area contributed by atoms with Crippen LogP contribution in [0.1, 0.15) is 19.8 Å². The molecule has 2 aliphatic rings. The fourth-order valence-corrected chi connectivity index (χ4v) is 4.98. The summed E-state index contributed by atoms with van der Waals surface area (Å²) in [6.07, 6.45) is 1.90. The molecular formula is C12H24N3O2S2+. The van der Waals surface area contributed by atoms with Crippen LogP contribution in [0.2, 0.25) is 0 Å². The normalized spacial score (nSPS) is 27.4. The van der Waals surface area contributed by atoms with Crippen LogP contribution < -0.4 is 10.2 Å². The molecule has 2 fully saturated rings. The average molecular weight is 306 g/mol. The van der Waals surface area contributed by atoms with Crippen molar-refractivity contribution in [3.63, 3.8) is 0 Å². The van der Waals surface area contributed by atoms with E-state index in [-0.39, 0.29) is 0 Å². The van der Waals surface area contributed by atoms with Crippen LogP contribution in [-0.4, -0.2) is 68.7 Å². The SMILES string of the molecule is CCCNC(=S)N1CC[NH+]([C@@H]2CCS(=O)(=O)C2)CC1. The van der Waals surface area contributed by atoms with Gasteiger partial charge in [0.1, 0.15) is 11.8 Å². The molecule has 0 amide bonds. The fourth-order valence-electron chi connectivity index (χ4n) is 2.87. The second kappa shape index (κ2) is 6.37. The Labute approximate surface area is 121 Å². The Hall–Kier alpha value is -0.400. The predicted octanol–water partition coefficient (Wildman–Crippen LogP) is -1.34. The summed E-state index contributed by atoms with van der Waals surface area (Å²) in [4.78, 5) is 3.65. The first kappa shape index (κ1) is 15.0. The summed E-state index contributed by atoms with van der Waals surface area (Å²) in [6.45, 7) is 6.90. The molecule has 0 spiro atoms. The van der Waals surface area contributed by atoms with Gasteiger partial charge in [-0.15, -0.1) is 0 Å². The fraction of sp³-hybridized carbons (Fsp3) is 0.917. The van der Waals surface area contributed by atoms with Gasteiger partial charge in [0.15, 0.2) is 14.9 Å². The third-order valence-corrected chi connectivity index (χ3v) is 6.20. The topological polar surface area (TPSA) is 53.9 Å². The van der Waals surface area contributed by atoms with Crippen LogP contribution >= 0.6 is 12.2 Å². The number of nitrogens with one attached hydrogen (secondary N) is 2. The molecule has 0 radical (unpaired) electrons. The van der Waals surface area contributed by atoms with Crippen molar-refractivity contribution < 1.29 is 13.3 Å². The van der Waals surface area contributed by atoms with Gasteiger partial charge in [-0.1, -0.05) is 6.92 Å². The van der Waals surface area contributed by atoms with Gasteiger partial charge in [-0.3, -0.25) is 0 Å². The van der Waals surface area contributed by atoms with E-state index in [1.54, 1.807) is 0 Å². The largest absolute Gasteiger partial charge is 0.363 e. The van der Waals surface area contributed by atoms with Gasteiger partial charge >= 0.3 is 0 Å². The van der Waals surface area contributed by atoms with Crippen molar-refractivity contribution in [2.45, 2.75) is 25.8 Å². The number of rotatable bonds is 3. The van der Waals surface area contributed by atoms with E-state index in [4.69, 9.17) is 12.2 Å². The van der Waals surface area contributed by atoms with Crippen LogP contribution in [0.15, 0.2) is 0 Å². The van der Waals surface area contributed by atoms with Gasteiger partial charge in [-0.05, 0) is 18.6 Å². The Balaban J connectivity index is 1.78. The summed E-state index contributed by atoms with van der Waals surface area (Å²) < 4.78 is 23.0. The summed E-state index contributed by atoms with van der Waals surface area (Å²) in [7, 11) is -2.76. The van der Waals surface area contributed by atoms with Crippen molar-refractivity contribution >= 4 is 27.2 Å². The Kier molecular flexibility index (Phi) is 5.03. The summed E-state index contributed by atoms with van der Waals surface area (Å²) in [5.74, 6) is 0.752. The molecule has 110 valence electrons. The van der Waals surface area contributed by atoms with Crippen LogP contribution in [0.4, 0.5) is 0 Å². The molecule has 0 bridgehead atoms. The zero-order valence-corrected chi connectivity index (χ0v) is 13.2. The predicted molar refractivity (Wildman–Crippen MR) is 80.2 cm³/mol. The molecule has 0 unspecified atom stereocenters. The first-order valence-corrected chi connectivity index (χ1v) is 9.32. The second-order valence-electron chi connectivity index (χ2n) is 5.48. The minimum atomic E-state index is -2.76. The van der Waals surface area contributed by atoms with Crippen LogP contribution in [0, 0.1) is 0 Å². The monoisotopic (exact) mass is 306 g/mol. The van der Waals surface area contributed by atoms with Gasteiger partial charge in [0.2, 0.25) is 0 Å². The van der Waals surface area contributed by atoms with Crippen molar-refractivity contribution in [2.24, 2.45) is 0 Å². The van der Waals surface area contributed by atoms with E-state index in [0.717, 1.165) is 50.7 Å². The van der Waals surface area contributed by atoms with Crippen molar-refractivity contribution in [3.8, 4) is 0 Å². The molecule has 0 saturated carbocycles. The lowest BCUT2D eigenvalue weighted by atomic mass is 10.2. The minimum absolute atomic E-state index is 0.310. The Morgan fingerprint density at radius 3 is 2.63 bits per heavy atom. The molecule has 2 N–H and O–H groups in total. The van der Waals surface area contributed by atoms with Crippen molar-refractivity contribution in [2.75, 3.05) is 44.2 Å². The lowest BCUT2D eigenvalue weighted by Gasteiger charge is -2.36. The number of nitrogens with zero attached hydrogens (tertiary/aromatic N) is 1. The molecule has 2 rings (SSSR count). The zero-order valence-electron chi connectivity index (χ0n) is 11.5. The maximum atomic E-state index is 11.5. The van der Waals surface area contributed by atoms with E-state index >= 15 is 0 Å². The standard InChI is InChI=1S/C12H23N3O2S2/c1-2-4-13-12(18)15-7-5-14(6-8-15)11-3-9-19(16,17)10-11/h11H,2-10H2,1H3,(H,13,18)/p+1/t11-/m1/s1. The third-order valence-electron chi connectivity index (χ3n) is 4.03. The highest BCUT2D eigenvalue weighted by molar-refractivity contribution is 7.91. The molecular weight excluding hydrogens is 282 g/mol. The van der Waals surface area contributed by atoms with Crippen molar-refractivity contribution in [3.05, 3.63) is 0 Å². The number of hydrogen-bond acceptors (Lipinski definition) is 3. The number of piperazine rings is 1.